The SMILES string of the molecule is O=C(Nc1ccc2c(c1)OCO2)C1CCN(C(=O)Cc2cc(Cl)c3c(c2)OCCO3)CC1. The number of nitrogens with one attached hydrogen (secondary N) is 1. The van der Waals surface area contributed by atoms with Gasteiger partial charge in [-0.15, -0.1) is 0 Å². The summed E-state index contributed by atoms with van der Waals surface area (Å²) in [4.78, 5) is 27.3. The molecule has 9 heteroatoms. The van der Waals surface area contributed by atoms with Gasteiger partial charge in [0.15, 0.2) is 23.0 Å². The predicted octanol–water partition coefficient (Wildman–Crippen LogP) is 3.26. The molecule has 1 fully saturated rings. The van der Waals surface area contributed by atoms with Crippen molar-refractivity contribution in [3.05, 3.63) is 40.9 Å². The first-order valence-electron chi connectivity index (χ1n) is 10.6. The molecule has 0 radical (unpaired) electrons. The molecule has 2 aromatic carbocycles. The van der Waals surface area contributed by atoms with Gasteiger partial charge < -0.3 is 29.2 Å². The molecule has 1 N–H and O–H groups in total. The maximum Gasteiger partial charge on any atom is 0.231 e. The minimum atomic E-state index is -0.145. The number of anilines is 1. The van der Waals surface area contributed by atoms with Gasteiger partial charge in [-0.3, -0.25) is 9.59 Å². The molecule has 3 aliphatic rings. The average Bonchev–Trinajstić information content (AvgIpc) is 3.27. The molecular weight excluding hydrogens is 436 g/mol. The van der Waals surface area contributed by atoms with E-state index in [-0.39, 0.29) is 30.9 Å². The van der Waals surface area contributed by atoms with Crippen LogP contribution in [0.1, 0.15) is 18.4 Å². The van der Waals surface area contributed by atoms with Crippen LogP contribution in [0.2, 0.25) is 5.02 Å². The zero-order chi connectivity index (χ0) is 22.1. The van der Waals surface area contributed by atoms with Gasteiger partial charge in [0.25, 0.3) is 0 Å². The molecule has 32 heavy (non-hydrogen) atoms. The van der Waals surface area contributed by atoms with Gasteiger partial charge in [0.05, 0.1) is 11.4 Å². The van der Waals surface area contributed by atoms with Crippen LogP contribution < -0.4 is 24.3 Å². The normalized spacial score (nSPS) is 17.2. The molecule has 2 amide bonds. The number of hydrogen-bond donors (Lipinski definition) is 1. The topological polar surface area (TPSA) is 86.3 Å². The Kier molecular flexibility index (Phi) is 5.70. The Bertz CT molecular complexity index is 1050. The average molecular weight is 459 g/mol. The lowest BCUT2D eigenvalue weighted by Crippen LogP contribution is -2.42. The number of amides is 2. The first-order chi connectivity index (χ1) is 15.6. The number of nitrogens with zero attached hydrogens (tertiary/aromatic N) is 1. The molecule has 8 nitrogen and oxygen atoms in total. The van der Waals surface area contributed by atoms with Crippen molar-refractivity contribution in [3.8, 4) is 23.0 Å². The molecule has 2 aromatic rings. The van der Waals surface area contributed by atoms with Gasteiger partial charge in [0.2, 0.25) is 18.6 Å². The van der Waals surface area contributed by atoms with E-state index in [0.29, 0.717) is 72.9 Å². The van der Waals surface area contributed by atoms with E-state index in [1.807, 2.05) is 6.07 Å². The largest absolute Gasteiger partial charge is 0.486 e. The van der Waals surface area contributed by atoms with E-state index in [2.05, 4.69) is 5.32 Å². The molecule has 3 heterocycles. The lowest BCUT2D eigenvalue weighted by Gasteiger charge is -2.31. The molecule has 0 aromatic heterocycles. The van der Waals surface area contributed by atoms with Crippen LogP contribution in [0.3, 0.4) is 0 Å². The van der Waals surface area contributed by atoms with Crippen LogP contribution in [0.5, 0.6) is 23.0 Å². The number of hydrogen-bond acceptors (Lipinski definition) is 6. The number of rotatable bonds is 4. The van der Waals surface area contributed by atoms with Crippen LogP contribution in [0.15, 0.2) is 30.3 Å². The maximum atomic E-state index is 12.8. The summed E-state index contributed by atoms with van der Waals surface area (Å²) in [5.41, 5.74) is 1.46. The Morgan fingerprint density at radius 2 is 1.75 bits per heavy atom. The molecule has 3 aliphatic heterocycles. The van der Waals surface area contributed by atoms with Crippen LogP contribution in [0, 0.1) is 5.92 Å². The molecule has 0 unspecified atom stereocenters. The van der Waals surface area contributed by atoms with E-state index in [1.165, 1.54) is 0 Å². The Morgan fingerprint density at radius 3 is 2.59 bits per heavy atom. The summed E-state index contributed by atoms with van der Waals surface area (Å²) in [6.45, 7) is 2.19. The second-order valence-corrected chi connectivity index (χ2v) is 8.40. The number of ether oxygens (including phenoxy) is 4. The quantitative estimate of drug-likeness (QED) is 0.756. The fraction of sp³-hybridized carbons (Fsp3) is 0.391. The third-order valence-corrected chi connectivity index (χ3v) is 6.15. The Hall–Kier alpha value is -3.13. The van der Waals surface area contributed by atoms with Gasteiger partial charge >= 0.3 is 0 Å². The summed E-state index contributed by atoms with van der Waals surface area (Å²) in [5.74, 6) is 2.22. The van der Waals surface area contributed by atoms with Crippen molar-refractivity contribution in [2.45, 2.75) is 19.3 Å². The van der Waals surface area contributed by atoms with Gasteiger partial charge in [-0.25, -0.2) is 0 Å². The van der Waals surface area contributed by atoms with Crippen molar-refractivity contribution in [2.24, 2.45) is 5.92 Å². The molecule has 0 spiro atoms. The highest BCUT2D eigenvalue weighted by atomic mass is 35.5. The molecule has 1 saturated heterocycles. The first kappa shape index (κ1) is 20.8. The fourth-order valence-electron chi connectivity index (χ4n) is 4.16. The molecular formula is C23H23ClN2O6. The van der Waals surface area contributed by atoms with Gasteiger partial charge in [-0.05, 0) is 42.7 Å². The van der Waals surface area contributed by atoms with Crippen molar-refractivity contribution in [3.63, 3.8) is 0 Å². The van der Waals surface area contributed by atoms with E-state index < -0.39 is 0 Å². The van der Waals surface area contributed by atoms with Crippen molar-refractivity contribution < 1.29 is 28.5 Å². The number of piperidine rings is 1. The minimum Gasteiger partial charge on any atom is -0.486 e. The number of carbonyl (C=O) groups is 2. The van der Waals surface area contributed by atoms with Gasteiger partial charge in [-0.2, -0.15) is 0 Å². The second kappa shape index (κ2) is 8.78. The summed E-state index contributed by atoms with van der Waals surface area (Å²) >= 11 is 6.28. The van der Waals surface area contributed by atoms with Crippen LogP contribution in [-0.2, 0) is 16.0 Å². The highest BCUT2D eigenvalue weighted by Crippen LogP contribution is 2.38. The molecule has 5 rings (SSSR count). The highest BCUT2D eigenvalue weighted by Gasteiger charge is 2.28. The Morgan fingerprint density at radius 1 is 0.969 bits per heavy atom. The number of likely N-dealkylation sites (tertiary alicyclic amines) is 1. The summed E-state index contributed by atoms with van der Waals surface area (Å²) in [6, 6.07) is 8.89. The van der Waals surface area contributed by atoms with E-state index >= 15 is 0 Å². The molecule has 0 bridgehead atoms. The predicted molar refractivity (Wildman–Crippen MR) is 117 cm³/mol. The van der Waals surface area contributed by atoms with Crippen molar-refractivity contribution >= 4 is 29.1 Å². The second-order valence-electron chi connectivity index (χ2n) is 7.99. The van der Waals surface area contributed by atoms with Crippen LogP contribution in [-0.4, -0.2) is 49.8 Å². The van der Waals surface area contributed by atoms with E-state index in [0.717, 1.165) is 5.56 Å². The third kappa shape index (κ3) is 4.27. The monoisotopic (exact) mass is 458 g/mol. The highest BCUT2D eigenvalue weighted by molar-refractivity contribution is 6.32. The number of fused-ring (bicyclic) bond motifs is 2. The summed E-state index contributed by atoms with van der Waals surface area (Å²) in [5, 5.41) is 3.39. The number of carbonyl (C=O) groups excluding carboxylic acids is 2. The minimum absolute atomic E-state index is 0.00683. The van der Waals surface area contributed by atoms with E-state index in [1.54, 1.807) is 29.2 Å². The van der Waals surface area contributed by atoms with E-state index in [9.17, 15) is 9.59 Å². The summed E-state index contributed by atoms with van der Waals surface area (Å²) < 4.78 is 21.8. The third-order valence-electron chi connectivity index (χ3n) is 5.87. The maximum absolute atomic E-state index is 12.8. The van der Waals surface area contributed by atoms with Crippen LogP contribution >= 0.6 is 11.6 Å². The smallest absolute Gasteiger partial charge is 0.231 e. The van der Waals surface area contributed by atoms with Crippen LogP contribution in [0.4, 0.5) is 5.69 Å². The molecule has 0 saturated carbocycles. The molecule has 168 valence electrons. The lowest BCUT2D eigenvalue weighted by atomic mass is 9.95. The van der Waals surface area contributed by atoms with Gasteiger partial charge in [-0.1, -0.05) is 11.6 Å². The molecule has 0 aliphatic carbocycles. The summed E-state index contributed by atoms with van der Waals surface area (Å²) in [6.07, 6.45) is 1.46. The number of halogens is 1. The standard InChI is InChI=1S/C23H23ClN2O6/c24-17-9-14(10-20-22(17)30-8-7-29-20)11-21(27)26-5-3-15(4-6-26)23(28)25-16-1-2-18-19(12-16)32-13-31-18/h1-2,9-10,12,15H,3-8,11,13H2,(H,25,28). The van der Waals surface area contributed by atoms with Gasteiger partial charge in [0, 0.05) is 30.8 Å². The fourth-order valence-corrected chi connectivity index (χ4v) is 4.45. The molecule has 0 atom stereocenters. The van der Waals surface area contributed by atoms with E-state index in [4.69, 9.17) is 30.5 Å². The van der Waals surface area contributed by atoms with Crippen LogP contribution in [0.25, 0.3) is 0 Å². The Balaban J connectivity index is 1.14. The first-order valence-corrected chi connectivity index (χ1v) is 11.0. The number of benzene rings is 2. The zero-order valence-electron chi connectivity index (χ0n) is 17.4. The van der Waals surface area contributed by atoms with Crippen molar-refractivity contribution in [1.82, 2.24) is 4.90 Å². The van der Waals surface area contributed by atoms with Crippen molar-refractivity contribution in [1.29, 1.82) is 0 Å². The summed E-state index contributed by atoms with van der Waals surface area (Å²) in [7, 11) is 0. The zero-order valence-corrected chi connectivity index (χ0v) is 18.2. The van der Waals surface area contributed by atoms with Gasteiger partial charge in [0.1, 0.15) is 13.2 Å². The Labute approximate surface area is 190 Å². The van der Waals surface area contributed by atoms with Crippen molar-refractivity contribution in [2.75, 3.05) is 38.4 Å². The lowest BCUT2D eigenvalue weighted by molar-refractivity contribution is -0.133.